The molecular weight excluding hydrogens is 166 g/mol. The van der Waals surface area contributed by atoms with Crippen molar-refractivity contribution in [3.63, 3.8) is 0 Å². The molecule has 2 aliphatic heterocycles. The van der Waals surface area contributed by atoms with Gasteiger partial charge in [0.25, 0.3) is 0 Å². The Morgan fingerprint density at radius 1 is 1.46 bits per heavy atom. The number of nitrogens with one attached hydrogen (secondary N) is 2. The van der Waals surface area contributed by atoms with Crippen molar-refractivity contribution in [2.45, 2.75) is 12.5 Å². The minimum Gasteiger partial charge on any atom is -0.363 e. The highest BCUT2D eigenvalue weighted by Crippen LogP contribution is 2.14. The lowest BCUT2D eigenvalue weighted by molar-refractivity contribution is -0.122. The van der Waals surface area contributed by atoms with E-state index in [2.05, 4.69) is 10.6 Å². The predicted octanol–water partition coefficient (Wildman–Crippen LogP) is -0.282. The van der Waals surface area contributed by atoms with Crippen molar-refractivity contribution in [3.8, 4) is 0 Å². The number of hydrogen-bond donors (Lipinski definition) is 3. The minimum atomic E-state index is -0.439. The van der Waals surface area contributed by atoms with Crippen LogP contribution in [0.25, 0.3) is 0 Å². The van der Waals surface area contributed by atoms with Crippen molar-refractivity contribution < 1.29 is 4.79 Å². The maximum Gasteiger partial charge on any atom is 0.241 e. The highest BCUT2D eigenvalue weighted by Gasteiger charge is 2.23. The highest BCUT2D eigenvalue weighted by atomic mass is 16.2. The Balaban J connectivity index is 2.30. The van der Waals surface area contributed by atoms with Crippen molar-refractivity contribution in [2.24, 2.45) is 5.73 Å². The Morgan fingerprint density at radius 2 is 2.31 bits per heavy atom. The summed E-state index contributed by atoms with van der Waals surface area (Å²) in [6, 6.07) is -0.439. The first-order chi connectivity index (χ1) is 6.27. The van der Waals surface area contributed by atoms with Gasteiger partial charge in [-0.15, -0.1) is 0 Å². The largest absolute Gasteiger partial charge is 0.363 e. The van der Waals surface area contributed by atoms with Crippen molar-refractivity contribution in [3.05, 3.63) is 35.8 Å². The summed E-state index contributed by atoms with van der Waals surface area (Å²) in [6.45, 7) is 0. The minimum absolute atomic E-state index is 0.118. The first-order valence-corrected chi connectivity index (χ1v) is 4.17. The molecule has 0 fully saturated rings. The lowest BCUT2D eigenvalue weighted by Gasteiger charge is -2.22. The molecule has 13 heavy (non-hydrogen) atoms. The maximum absolute atomic E-state index is 11.2. The van der Waals surface area contributed by atoms with Gasteiger partial charge in [0.1, 0.15) is 0 Å². The van der Waals surface area contributed by atoms with Crippen molar-refractivity contribution >= 4 is 5.91 Å². The molecular formula is C9H11N3O. The van der Waals surface area contributed by atoms with Gasteiger partial charge in [0.05, 0.1) is 11.7 Å². The number of amides is 1. The van der Waals surface area contributed by atoms with Crippen molar-refractivity contribution in [1.82, 2.24) is 10.6 Å². The second-order valence-electron chi connectivity index (χ2n) is 3.05. The molecule has 1 amide bonds. The van der Waals surface area contributed by atoms with Crippen LogP contribution in [0, 0.1) is 0 Å². The molecule has 0 aromatic rings. The van der Waals surface area contributed by atoms with Gasteiger partial charge in [-0.05, 0) is 12.2 Å². The van der Waals surface area contributed by atoms with Crippen LogP contribution in [0.5, 0.6) is 0 Å². The molecule has 2 rings (SSSR count). The number of carbonyl (C=O) groups excluding carboxylic acids is 1. The number of hydrogen-bond acceptors (Lipinski definition) is 3. The number of carbonyl (C=O) groups is 1. The van der Waals surface area contributed by atoms with Crippen LogP contribution in [0.3, 0.4) is 0 Å². The van der Waals surface area contributed by atoms with Crippen LogP contribution < -0.4 is 16.4 Å². The standard InChI is InChI=1S/C9H11N3O/c10-6-5-8-7(12-9(6)13)3-1-2-4-11-8/h1-4,6,11H,5,10H2,(H,12,13). The van der Waals surface area contributed by atoms with E-state index in [4.69, 9.17) is 5.73 Å². The quantitative estimate of drug-likeness (QED) is 0.476. The lowest BCUT2D eigenvalue weighted by Crippen LogP contribution is -2.45. The van der Waals surface area contributed by atoms with Crippen LogP contribution in [0.4, 0.5) is 0 Å². The van der Waals surface area contributed by atoms with Gasteiger partial charge in [0, 0.05) is 18.3 Å². The van der Waals surface area contributed by atoms with E-state index >= 15 is 0 Å². The van der Waals surface area contributed by atoms with Crippen LogP contribution >= 0.6 is 0 Å². The van der Waals surface area contributed by atoms with Crippen molar-refractivity contribution in [1.29, 1.82) is 0 Å². The Labute approximate surface area is 76.2 Å². The van der Waals surface area contributed by atoms with Gasteiger partial charge < -0.3 is 16.4 Å². The second-order valence-corrected chi connectivity index (χ2v) is 3.05. The zero-order valence-electron chi connectivity index (χ0n) is 7.08. The molecule has 4 heteroatoms. The van der Waals surface area contributed by atoms with E-state index in [1.54, 1.807) is 0 Å². The molecule has 0 saturated heterocycles. The Morgan fingerprint density at radius 3 is 3.15 bits per heavy atom. The third-order valence-corrected chi connectivity index (χ3v) is 2.07. The molecule has 1 unspecified atom stereocenters. The van der Waals surface area contributed by atoms with Gasteiger partial charge in [-0.25, -0.2) is 0 Å². The third-order valence-electron chi connectivity index (χ3n) is 2.07. The van der Waals surface area contributed by atoms with E-state index in [0.29, 0.717) is 6.42 Å². The summed E-state index contributed by atoms with van der Waals surface area (Å²) in [6.07, 6.45) is 7.98. The summed E-state index contributed by atoms with van der Waals surface area (Å²) in [5, 5.41) is 5.81. The fourth-order valence-corrected chi connectivity index (χ4v) is 1.36. The van der Waals surface area contributed by atoms with Crippen LogP contribution in [0.1, 0.15) is 6.42 Å². The van der Waals surface area contributed by atoms with Crippen LogP contribution in [-0.4, -0.2) is 11.9 Å². The molecule has 4 nitrogen and oxygen atoms in total. The maximum atomic E-state index is 11.2. The lowest BCUT2D eigenvalue weighted by atomic mass is 10.1. The third kappa shape index (κ3) is 1.48. The van der Waals surface area contributed by atoms with E-state index in [-0.39, 0.29) is 5.91 Å². The summed E-state index contributed by atoms with van der Waals surface area (Å²) in [5.41, 5.74) is 7.39. The smallest absolute Gasteiger partial charge is 0.241 e. The average molecular weight is 177 g/mol. The molecule has 0 bridgehead atoms. The number of rotatable bonds is 0. The van der Waals surface area contributed by atoms with Gasteiger partial charge in [0.15, 0.2) is 0 Å². The number of allylic oxidation sites excluding steroid dienone is 3. The molecule has 68 valence electrons. The van der Waals surface area contributed by atoms with E-state index in [9.17, 15) is 4.79 Å². The fraction of sp³-hybridized carbons (Fsp3) is 0.222. The molecule has 2 aliphatic rings. The highest BCUT2D eigenvalue weighted by molar-refractivity contribution is 5.85. The molecule has 0 radical (unpaired) electrons. The van der Waals surface area contributed by atoms with Crippen LogP contribution in [0.15, 0.2) is 35.8 Å². The van der Waals surface area contributed by atoms with Crippen LogP contribution in [-0.2, 0) is 4.79 Å². The van der Waals surface area contributed by atoms with E-state index in [0.717, 1.165) is 11.4 Å². The SMILES string of the molecule is NC1CC2=C(C=CC=CN2)NC1=O. The summed E-state index contributed by atoms with van der Waals surface area (Å²) < 4.78 is 0. The molecule has 2 heterocycles. The first kappa shape index (κ1) is 8.07. The first-order valence-electron chi connectivity index (χ1n) is 4.17. The molecule has 4 N–H and O–H groups in total. The second kappa shape index (κ2) is 3.06. The van der Waals surface area contributed by atoms with Gasteiger partial charge in [0.2, 0.25) is 5.91 Å². The summed E-state index contributed by atoms with van der Waals surface area (Å²) in [5.74, 6) is -0.118. The molecule has 0 saturated carbocycles. The monoisotopic (exact) mass is 177 g/mol. The van der Waals surface area contributed by atoms with E-state index in [1.807, 2.05) is 24.4 Å². The molecule has 0 aromatic heterocycles. The molecule has 0 aliphatic carbocycles. The zero-order valence-corrected chi connectivity index (χ0v) is 7.08. The van der Waals surface area contributed by atoms with E-state index < -0.39 is 6.04 Å². The molecule has 0 aromatic carbocycles. The fourth-order valence-electron chi connectivity index (χ4n) is 1.36. The van der Waals surface area contributed by atoms with Gasteiger partial charge in [-0.2, -0.15) is 0 Å². The van der Waals surface area contributed by atoms with Gasteiger partial charge >= 0.3 is 0 Å². The predicted molar refractivity (Wildman–Crippen MR) is 49.2 cm³/mol. The summed E-state index contributed by atoms with van der Waals surface area (Å²) >= 11 is 0. The summed E-state index contributed by atoms with van der Waals surface area (Å²) in [4.78, 5) is 11.2. The van der Waals surface area contributed by atoms with E-state index in [1.165, 1.54) is 0 Å². The van der Waals surface area contributed by atoms with Gasteiger partial charge in [-0.1, -0.05) is 6.08 Å². The Kier molecular flexibility index (Phi) is 1.90. The normalized spacial score (nSPS) is 26.2. The Hall–Kier alpha value is -1.55. The topological polar surface area (TPSA) is 67.2 Å². The van der Waals surface area contributed by atoms with Gasteiger partial charge in [-0.3, -0.25) is 4.79 Å². The molecule has 0 spiro atoms. The van der Waals surface area contributed by atoms with Crippen molar-refractivity contribution in [2.75, 3.05) is 0 Å². The summed E-state index contributed by atoms with van der Waals surface area (Å²) in [7, 11) is 0. The average Bonchev–Trinajstić information content (AvgIpc) is 2.31. The number of nitrogens with two attached hydrogens (primary N) is 1. The zero-order chi connectivity index (χ0) is 9.26. The Bertz CT molecular complexity index is 328. The molecule has 1 atom stereocenters. The van der Waals surface area contributed by atoms with Crippen LogP contribution in [0.2, 0.25) is 0 Å².